The number of hydrogen-bond acceptors (Lipinski definition) is 2. The fourth-order valence-electron chi connectivity index (χ4n) is 3.67. The maximum Gasteiger partial charge on any atom is 0.0415 e. The van der Waals surface area contributed by atoms with Gasteiger partial charge in [-0.1, -0.05) is 44.4 Å². The van der Waals surface area contributed by atoms with Crippen molar-refractivity contribution >= 4 is 10.8 Å². The fraction of sp³-hybridized carbons (Fsp3) is 0.500. The smallest absolute Gasteiger partial charge is 0.0415 e. The number of hydrogen-bond donors (Lipinski definition) is 1. The summed E-state index contributed by atoms with van der Waals surface area (Å²) in [6, 6.07) is 8.58. The van der Waals surface area contributed by atoms with E-state index < -0.39 is 0 Å². The number of nitrogens with two attached hydrogens (primary N) is 1. The van der Waals surface area contributed by atoms with E-state index >= 15 is 0 Å². The van der Waals surface area contributed by atoms with Crippen LogP contribution in [0.2, 0.25) is 0 Å². The largest absolute Gasteiger partial charge is 0.321 e. The molecule has 2 aromatic rings. The summed E-state index contributed by atoms with van der Waals surface area (Å²) in [5.74, 6) is 0.858. The summed E-state index contributed by atoms with van der Waals surface area (Å²) in [6.07, 6.45) is 11.1. The van der Waals surface area contributed by atoms with Crippen LogP contribution >= 0.6 is 0 Å². The zero-order valence-corrected chi connectivity index (χ0v) is 12.3. The van der Waals surface area contributed by atoms with E-state index in [1.54, 1.807) is 0 Å². The zero-order chi connectivity index (χ0) is 14.0. The Hall–Kier alpha value is -1.41. The summed E-state index contributed by atoms with van der Waals surface area (Å²) in [6.45, 7) is 2.30. The molecule has 2 N–H and O–H groups in total. The van der Waals surface area contributed by atoms with Gasteiger partial charge >= 0.3 is 0 Å². The highest BCUT2D eigenvalue weighted by molar-refractivity contribution is 5.85. The lowest BCUT2D eigenvalue weighted by molar-refractivity contribution is 0.374. The molecule has 0 amide bonds. The van der Waals surface area contributed by atoms with Crippen molar-refractivity contribution < 1.29 is 0 Å². The molecule has 0 aliphatic heterocycles. The quantitative estimate of drug-likeness (QED) is 0.821. The molecule has 0 spiro atoms. The van der Waals surface area contributed by atoms with Gasteiger partial charge in [-0.05, 0) is 42.2 Å². The number of fused-ring (bicyclic) bond motifs is 1. The predicted molar refractivity (Wildman–Crippen MR) is 84.5 cm³/mol. The molecule has 1 aromatic carbocycles. The summed E-state index contributed by atoms with van der Waals surface area (Å²) >= 11 is 0. The summed E-state index contributed by atoms with van der Waals surface area (Å²) in [5.41, 5.74) is 8.00. The van der Waals surface area contributed by atoms with Crippen LogP contribution in [0.3, 0.4) is 0 Å². The monoisotopic (exact) mass is 268 g/mol. The molecule has 1 aliphatic carbocycles. The third-order valence-corrected chi connectivity index (χ3v) is 5.03. The number of nitrogens with zero attached hydrogens (tertiary/aromatic N) is 1. The standard InChI is InChI=1S/C18H24N2/c1-2-14-5-4-10-18(19,11-8-14)17-7-3-6-15-13-20-12-9-16(15)17/h3,6-7,9,12-14H,2,4-5,8,10-11,19H2,1H3. The molecular weight excluding hydrogens is 244 g/mol. The minimum Gasteiger partial charge on any atom is -0.321 e. The van der Waals surface area contributed by atoms with Crippen LogP contribution in [0.1, 0.15) is 51.0 Å². The Morgan fingerprint density at radius 2 is 2.15 bits per heavy atom. The first-order chi connectivity index (χ1) is 9.73. The van der Waals surface area contributed by atoms with Crippen molar-refractivity contribution in [3.63, 3.8) is 0 Å². The van der Waals surface area contributed by atoms with Gasteiger partial charge in [0.05, 0.1) is 0 Å². The van der Waals surface area contributed by atoms with Crippen molar-refractivity contribution in [2.45, 2.75) is 51.0 Å². The Labute approximate surface area is 121 Å². The van der Waals surface area contributed by atoms with Crippen LogP contribution in [0.25, 0.3) is 10.8 Å². The van der Waals surface area contributed by atoms with Crippen LogP contribution in [0.4, 0.5) is 0 Å². The van der Waals surface area contributed by atoms with Crippen LogP contribution in [0.5, 0.6) is 0 Å². The van der Waals surface area contributed by atoms with E-state index in [1.165, 1.54) is 42.0 Å². The Morgan fingerprint density at radius 1 is 1.25 bits per heavy atom. The predicted octanol–water partition coefficient (Wildman–Crippen LogP) is 4.38. The first-order valence-corrected chi connectivity index (χ1v) is 7.85. The molecule has 2 atom stereocenters. The van der Waals surface area contributed by atoms with Gasteiger partial charge in [-0.3, -0.25) is 4.98 Å². The van der Waals surface area contributed by atoms with E-state index in [0.717, 1.165) is 18.8 Å². The molecule has 1 fully saturated rings. The third kappa shape index (κ3) is 2.45. The van der Waals surface area contributed by atoms with Gasteiger partial charge in [-0.2, -0.15) is 0 Å². The maximum absolute atomic E-state index is 6.84. The van der Waals surface area contributed by atoms with Crippen molar-refractivity contribution in [3.8, 4) is 0 Å². The van der Waals surface area contributed by atoms with Crippen molar-refractivity contribution in [3.05, 3.63) is 42.2 Å². The molecule has 1 aromatic heterocycles. The number of aromatic nitrogens is 1. The number of benzene rings is 1. The van der Waals surface area contributed by atoms with E-state index in [1.807, 2.05) is 12.4 Å². The van der Waals surface area contributed by atoms with Gasteiger partial charge in [0.25, 0.3) is 0 Å². The average molecular weight is 268 g/mol. The zero-order valence-electron chi connectivity index (χ0n) is 12.3. The Balaban J connectivity index is 2.01. The van der Waals surface area contributed by atoms with Crippen molar-refractivity contribution in [1.29, 1.82) is 0 Å². The highest BCUT2D eigenvalue weighted by Gasteiger charge is 2.31. The highest BCUT2D eigenvalue weighted by atomic mass is 14.7. The Morgan fingerprint density at radius 3 is 3.00 bits per heavy atom. The van der Waals surface area contributed by atoms with E-state index in [9.17, 15) is 0 Å². The minimum atomic E-state index is -0.162. The van der Waals surface area contributed by atoms with E-state index in [4.69, 9.17) is 5.73 Å². The molecule has 1 heterocycles. The van der Waals surface area contributed by atoms with Gasteiger partial charge in [0.1, 0.15) is 0 Å². The van der Waals surface area contributed by atoms with Gasteiger partial charge in [0.2, 0.25) is 0 Å². The van der Waals surface area contributed by atoms with Crippen LogP contribution in [0.15, 0.2) is 36.7 Å². The molecule has 1 saturated carbocycles. The van der Waals surface area contributed by atoms with Crippen LogP contribution in [0, 0.1) is 5.92 Å². The van der Waals surface area contributed by atoms with E-state index in [-0.39, 0.29) is 5.54 Å². The summed E-state index contributed by atoms with van der Waals surface area (Å²) in [4.78, 5) is 4.22. The molecule has 20 heavy (non-hydrogen) atoms. The van der Waals surface area contributed by atoms with Crippen molar-refractivity contribution in [2.24, 2.45) is 11.7 Å². The molecule has 2 heteroatoms. The molecular formula is C18H24N2. The summed E-state index contributed by atoms with van der Waals surface area (Å²) in [7, 11) is 0. The second kappa shape index (κ2) is 5.53. The van der Waals surface area contributed by atoms with Gasteiger partial charge in [-0.15, -0.1) is 0 Å². The van der Waals surface area contributed by atoms with Crippen molar-refractivity contribution in [2.75, 3.05) is 0 Å². The van der Waals surface area contributed by atoms with Gasteiger partial charge in [-0.25, -0.2) is 0 Å². The summed E-state index contributed by atoms with van der Waals surface area (Å²) in [5, 5.41) is 2.48. The van der Waals surface area contributed by atoms with Crippen LogP contribution < -0.4 is 5.73 Å². The fourth-order valence-corrected chi connectivity index (χ4v) is 3.67. The van der Waals surface area contributed by atoms with E-state index in [0.29, 0.717) is 0 Å². The molecule has 0 bridgehead atoms. The third-order valence-electron chi connectivity index (χ3n) is 5.03. The normalized spacial score (nSPS) is 27.4. The van der Waals surface area contributed by atoms with Crippen molar-refractivity contribution in [1.82, 2.24) is 4.98 Å². The lowest BCUT2D eigenvalue weighted by Crippen LogP contribution is -2.36. The number of pyridine rings is 1. The molecule has 0 saturated heterocycles. The Kier molecular flexibility index (Phi) is 3.75. The van der Waals surface area contributed by atoms with E-state index in [2.05, 4.69) is 36.2 Å². The molecule has 0 radical (unpaired) electrons. The first-order valence-electron chi connectivity index (χ1n) is 7.85. The number of rotatable bonds is 2. The lowest BCUT2D eigenvalue weighted by atomic mass is 9.81. The van der Waals surface area contributed by atoms with Gasteiger partial charge < -0.3 is 5.73 Å². The van der Waals surface area contributed by atoms with Crippen LogP contribution in [-0.4, -0.2) is 4.98 Å². The minimum absolute atomic E-state index is 0.162. The second-order valence-electron chi connectivity index (χ2n) is 6.26. The SMILES string of the molecule is CCC1CCCC(N)(c2cccc3cnccc23)CC1. The van der Waals surface area contributed by atoms with Gasteiger partial charge in [0, 0.05) is 23.3 Å². The molecule has 3 rings (SSSR count). The average Bonchev–Trinajstić information content (AvgIpc) is 2.69. The maximum atomic E-state index is 6.84. The molecule has 2 unspecified atom stereocenters. The topological polar surface area (TPSA) is 38.9 Å². The van der Waals surface area contributed by atoms with Gasteiger partial charge in [0.15, 0.2) is 0 Å². The molecule has 2 nitrogen and oxygen atoms in total. The second-order valence-corrected chi connectivity index (χ2v) is 6.26. The summed E-state index contributed by atoms with van der Waals surface area (Å²) < 4.78 is 0. The molecule has 106 valence electrons. The molecule has 1 aliphatic rings. The Bertz CT molecular complexity index is 587. The van der Waals surface area contributed by atoms with Crippen LogP contribution in [-0.2, 0) is 5.54 Å². The first kappa shape index (κ1) is 13.6. The highest BCUT2D eigenvalue weighted by Crippen LogP contribution is 2.39. The lowest BCUT2D eigenvalue weighted by Gasteiger charge is -2.30.